The summed E-state index contributed by atoms with van der Waals surface area (Å²) in [6.45, 7) is 9.20. The average Bonchev–Trinajstić information content (AvgIpc) is 3.13. The van der Waals surface area contributed by atoms with Crippen LogP contribution in [0, 0.1) is 6.92 Å². The van der Waals surface area contributed by atoms with E-state index in [1.54, 1.807) is 23.1 Å². The van der Waals surface area contributed by atoms with Crippen LogP contribution in [0.4, 0.5) is 5.13 Å². The zero-order chi connectivity index (χ0) is 21.9. The van der Waals surface area contributed by atoms with Crippen molar-refractivity contribution >= 4 is 54.8 Å². The Bertz CT molecular complexity index is 1160. The number of carbonyl (C=O) groups is 1. The molecule has 9 heteroatoms. The molecule has 0 radical (unpaired) electrons. The third-order valence-electron chi connectivity index (χ3n) is 5.05. The van der Waals surface area contributed by atoms with Crippen LogP contribution >= 0.6 is 23.7 Å². The molecule has 3 rings (SSSR count). The highest BCUT2D eigenvalue weighted by Crippen LogP contribution is 2.31. The summed E-state index contributed by atoms with van der Waals surface area (Å²) in [5.41, 5.74) is 2.32. The highest BCUT2D eigenvalue weighted by Gasteiger charge is 2.22. The number of sulfone groups is 1. The molecule has 0 spiro atoms. The van der Waals surface area contributed by atoms with Gasteiger partial charge in [-0.05, 0) is 50.3 Å². The zero-order valence-electron chi connectivity index (χ0n) is 18.2. The SMILES string of the molecule is CCN(CC)CCN(C(=O)c1cccc(C)c1)c1nc2ccc(S(C)(=O)=O)cc2s1.Cl. The van der Waals surface area contributed by atoms with Crippen molar-refractivity contribution in [2.24, 2.45) is 0 Å². The Labute approximate surface area is 194 Å². The topological polar surface area (TPSA) is 70.6 Å². The van der Waals surface area contributed by atoms with Crippen LogP contribution in [0.2, 0.25) is 0 Å². The van der Waals surface area contributed by atoms with Crippen molar-refractivity contribution in [2.45, 2.75) is 25.7 Å². The van der Waals surface area contributed by atoms with Gasteiger partial charge in [0.2, 0.25) is 0 Å². The molecule has 0 bridgehead atoms. The molecule has 0 unspecified atom stereocenters. The zero-order valence-corrected chi connectivity index (χ0v) is 20.6. The first-order valence-electron chi connectivity index (χ1n) is 9.94. The van der Waals surface area contributed by atoms with Crippen LogP contribution < -0.4 is 4.90 Å². The fourth-order valence-corrected chi connectivity index (χ4v) is 4.99. The molecule has 168 valence electrons. The van der Waals surface area contributed by atoms with Gasteiger partial charge in [-0.25, -0.2) is 13.4 Å². The molecule has 1 aromatic heterocycles. The van der Waals surface area contributed by atoms with E-state index in [-0.39, 0.29) is 23.2 Å². The summed E-state index contributed by atoms with van der Waals surface area (Å²) in [6.07, 6.45) is 1.19. The predicted octanol–water partition coefficient (Wildman–Crippen LogP) is 4.42. The number of aryl methyl sites for hydroxylation is 1. The highest BCUT2D eigenvalue weighted by atomic mass is 35.5. The number of rotatable bonds is 8. The molecular weight excluding hydrogens is 454 g/mol. The number of amides is 1. The number of hydrogen-bond donors (Lipinski definition) is 0. The fraction of sp³-hybridized carbons (Fsp3) is 0.364. The smallest absolute Gasteiger partial charge is 0.260 e. The van der Waals surface area contributed by atoms with Gasteiger partial charge in [0.25, 0.3) is 5.91 Å². The van der Waals surface area contributed by atoms with Gasteiger partial charge in [0.1, 0.15) is 0 Å². The Morgan fingerprint density at radius 1 is 1.06 bits per heavy atom. The van der Waals surface area contributed by atoms with Crippen molar-refractivity contribution in [1.82, 2.24) is 9.88 Å². The largest absolute Gasteiger partial charge is 0.302 e. The van der Waals surface area contributed by atoms with Crippen LogP contribution in [0.3, 0.4) is 0 Å². The van der Waals surface area contributed by atoms with Crippen LogP contribution in [0.1, 0.15) is 29.8 Å². The van der Waals surface area contributed by atoms with Crippen LogP contribution in [0.15, 0.2) is 47.4 Å². The molecular formula is C22H28ClN3O3S2. The molecule has 0 atom stereocenters. The molecule has 6 nitrogen and oxygen atoms in total. The molecule has 0 aliphatic rings. The second kappa shape index (κ2) is 10.5. The summed E-state index contributed by atoms with van der Waals surface area (Å²) in [7, 11) is -3.31. The number of nitrogens with zero attached hydrogens (tertiary/aromatic N) is 3. The standard InChI is InChI=1S/C22H27N3O3S2.ClH/c1-5-24(6-2)12-13-25(21(26)17-9-7-8-16(3)14-17)22-23-19-11-10-18(30(4,27)28)15-20(19)29-22;/h7-11,14-15H,5-6,12-13H2,1-4H3;1H. The van der Waals surface area contributed by atoms with Crippen molar-refractivity contribution in [3.8, 4) is 0 Å². The first-order chi connectivity index (χ1) is 14.2. The normalized spacial score (nSPS) is 11.5. The molecule has 31 heavy (non-hydrogen) atoms. The van der Waals surface area contributed by atoms with Gasteiger partial charge in [-0.15, -0.1) is 12.4 Å². The third-order valence-corrected chi connectivity index (χ3v) is 7.20. The number of halogens is 1. The van der Waals surface area contributed by atoms with E-state index >= 15 is 0 Å². The summed E-state index contributed by atoms with van der Waals surface area (Å²) in [5, 5.41) is 0.578. The van der Waals surface area contributed by atoms with Crippen LogP contribution in [-0.4, -0.2) is 56.6 Å². The number of carbonyl (C=O) groups excluding carboxylic acids is 1. The van der Waals surface area contributed by atoms with Crippen molar-refractivity contribution in [3.63, 3.8) is 0 Å². The van der Waals surface area contributed by atoms with Crippen molar-refractivity contribution in [3.05, 3.63) is 53.6 Å². The van der Waals surface area contributed by atoms with E-state index in [9.17, 15) is 13.2 Å². The van der Waals surface area contributed by atoms with Gasteiger partial charge in [-0.1, -0.05) is 42.9 Å². The lowest BCUT2D eigenvalue weighted by Gasteiger charge is -2.24. The number of hydrogen-bond acceptors (Lipinski definition) is 6. The van der Waals surface area contributed by atoms with Crippen LogP contribution in [0.5, 0.6) is 0 Å². The minimum absolute atomic E-state index is 0. The summed E-state index contributed by atoms with van der Waals surface area (Å²) >= 11 is 1.34. The highest BCUT2D eigenvalue weighted by molar-refractivity contribution is 7.90. The first kappa shape index (κ1) is 25.3. The fourth-order valence-electron chi connectivity index (χ4n) is 3.24. The van der Waals surface area contributed by atoms with E-state index in [1.165, 1.54) is 17.6 Å². The lowest BCUT2D eigenvalue weighted by molar-refractivity contribution is 0.0983. The molecule has 0 saturated carbocycles. The van der Waals surface area contributed by atoms with Gasteiger partial charge in [0.05, 0.1) is 15.1 Å². The second-order valence-electron chi connectivity index (χ2n) is 7.25. The minimum Gasteiger partial charge on any atom is -0.302 e. The van der Waals surface area contributed by atoms with E-state index in [4.69, 9.17) is 0 Å². The lowest BCUT2D eigenvalue weighted by Crippen LogP contribution is -2.38. The first-order valence-corrected chi connectivity index (χ1v) is 12.6. The Balaban J connectivity index is 0.00000341. The Hall–Kier alpha value is -2.00. The number of thiazole rings is 1. The predicted molar refractivity (Wildman–Crippen MR) is 131 cm³/mol. The Morgan fingerprint density at radius 3 is 2.39 bits per heavy atom. The third kappa shape index (κ3) is 6.04. The van der Waals surface area contributed by atoms with Gasteiger partial charge in [-0.2, -0.15) is 0 Å². The summed E-state index contributed by atoms with van der Waals surface area (Å²) in [4.78, 5) is 22.2. The van der Waals surface area contributed by atoms with Gasteiger partial charge in [0.15, 0.2) is 15.0 Å². The van der Waals surface area contributed by atoms with Crippen molar-refractivity contribution in [1.29, 1.82) is 0 Å². The van der Waals surface area contributed by atoms with Crippen LogP contribution in [0.25, 0.3) is 10.2 Å². The van der Waals surface area contributed by atoms with Gasteiger partial charge in [-0.3, -0.25) is 9.69 Å². The molecule has 3 aromatic rings. The number of likely N-dealkylation sites (N-methyl/N-ethyl adjacent to an activating group) is 1. The molecule has 0 N–H and O–H groups in total. The van der Waals surface area contributed by atoms with Gasteiger partial charge < -0.3 is 4.90 Å². The van der Waals surface area contributed by atoms with E-state index < -0.39 is 9.84 Å². The molecule has 1 heterocycles. The molecule has 0 saturated heterocycles. The van der Waals surface area contributed by atoms with Crippen molar-refractivity contribution in [2.75, 3.05) is 37.3 Å². The van der Waals surface area contributed by atoms with E-state index in [1.807, 2.05) is 31.2 Å². The van der Waals surface area contributed by atoms with E-state index in [0.29, 0.717) is 22.8 Å². The average molecular weight is 482 g/mol. The number of aromatic nitrogens is 1. The number of benzene rings is 2. The lowest BCUT2D eigenvalue weighted by atomic mass is 10.1. The van der Waals surface area contributed by atoms with Crippen LogP contribution in [-0.2, 0) is 9.84 Å². The Morgan fingerprint density at radius 2 is 1.77 bits per heavy atom. The minimum atomic E-state index is -3.31. The molecule has 2 aromatic carbocycles. The molecule has 0 aliphatic carbocycles. The van der Waals surface area contributed by atoms with Crippen molar-refractivity contribution < 1.29 is 13.2 Å². The number of fused-ring (bicyclic) bond motifs is 1. The Kier molecular flexibility index (Phi) is 8.59. The second-order valence-corrected chi connectivity index (χ2v) is 10.3. The maximum absolute atomic E-state index is 13.4. The monoisotopic (exact) mass is 481 g/mol. The summed E-state index contributed by atoms with van der Waals surface area (Å²) < 4.78 is 24.5. The van der Waals surface area contributed by atoms with Gasteiger partial charge >= 0.3 is 0 Å². The van der Waals surface area contributed by atoms with Gasteiger partial charge in [0, 0.05) is 24.9 Å². The molecule has 1 amide bonds. The summed E-state index contributed by atoms with van der Waals surface area (Å²) in [5.74, 6) is -0.103. The number of anilines is 1. The van der Waals surface area contributed by atoms with E-state index in [0.717, 1.165) is 29.9 Å². The quantitative estimate of drug-likeness (QED) is 0.476. The maximum atomic E-state index is 13.4. The molecule has 0 fully saturated rings. The maximum Gasteiger partial charge on any atom is 0.260 e. The van der Waals surface area contributed by atoms with E-state index in [2.05, 4.69) is 23.7 Å². The molecule has 0 aliphatic heterocycles. The summed E-state index contributed by atoms with van der Waals surface area (Å²) in [6, 6.07) is 12.4.